The molecule has 0 bridgehead atoms. The second kappa shape index (κ2) is 9.81. The minimum atomic E-state index is 0.816. The topological polar surface area (TPSA) is 83.3 Å². The van der Waals surface area contributed by atoms with E-state index in [0.29, 0.717) is 0 Å². The van der Waals surface area contributed by atoms with Crippen molar-refractivity contribution in [1.29, 1.82) is 0 Å². The smallest absolute Gasteiger partial charge is 0.154 e. The van der Waals surface area contributed by atoms with E-state index >= 15 is 0 Å². The average molecular weight is 513 g/mol. The molecule has 1 aliphatic heterocycles. The summed E-state index contributed by atoms with van der Waals surface area (Å²) < 4.78 is 1.94. The molecule has 2 aromatic carbocycles. The third kappa shape index (κ3) is 4.45. The summed E-state index contributed by atoms with van der Waals surface area (Å²) in [5, 5.41) is 12.8. The lowest BCUT2D eigenvalue weighted by atomic mass is 10.0. The lowest BCUT2D eigenvalue weighted by Gasteiger charge is -2.29. The summed E-state index contributed by atoms with van der Waals surface area (Å²) in [7, 11) is 0. The normalized spacial score (nSPS) is 13.7. The summed E-state index contributed by atoms with van der Waals surface area (Å²) in [5.41, 5.74) is 10.0. The van der Waals surface area contributed by atoms with Crippen molar-refractivity contribution in [3.05, 3.63) is 97.2 Å². The van der Waals surface area contributed by atoms with Crippen LogP contribution in [0.25, 0.3) is 38.9 Å². The summed E-state index contributed by atoms with van der Waals surface area (Å²) in [6.45, 7) is 6.19. The van der Waals surface area contributed by atoms with E-state index in [-0.39, 0.29) is 0 Å². The number of nitrogens with one attached hydrogen (secondary N) is 2. The van der Waals surface area contributed by atoms with E-state index in [1.54, 1.807) is 12.4 Å². The zero-order valence-corrected chi connectivity index (χ0v) is 21.7. The van der Waals surface area contributed by atoms with Gasteiger partial charge in [-0.15, -0.1) is 0 Å². The van der Waals surface area contributed by atoms with E-state index in [9.17, 15) is 0 Å². The van der Waals surface area contributed by atoms with Gasteiger partial charge in [0.1, 0.15) is 0 Å². The highest BCUT2D eigenvalue weighted by molar-refractivity contribution is 5.95. The first-order chi connectivity index (χ1) is 19.2. The Bertz CT molecular complexity index is 1770. The molecular weight excluding hydrogens is 484 g/mol. The van der Waals surface area contributed by atoms with Crippen LogP contribution in [0, 0.1) is 6.92 Å². The Hall–Kier alpha value is -4.82. The zero-order valence-electron chi connectivity index (χ0n) is 21.7. The van der Waals surface area contributed by atoms with Crippen LogP contribution < -0.4 is 15.5 Å². The van der Waals surface area contributed by atoms with E-state index in [1.165, 1.54) is 5.69 Å². The predicted octanol–water partition coefficient (Wildman–Crippen LogP) is 5.47. The third-order valence-electron chi connectivity index (χ3n) is 7.31. The van der Waals surface area contributed by atoms with Crippen molar-refractivity contribution < 1.29 is 0 Å². The zero-order chi connectivity index (χ0) is 26.2. The summed E-state index contributed by atoms with van der Waals surface area (Å²) in [4.78, 5) is 16.0. The number of pyridine rings is 2. The number of imidazole rings is 1. The monoisotopic (exact) mass is 512 g/mol. The van der Waals surface area contributed by atoms with E-state index < -0.39 is 0 Å². The standard InChI is InChI=1S/C31H28N8/c1-21-28(22-4-7-25(8-5-22)38-15-13-32-14-16-38)18-31-35-20-30(39(31)37-21)27-10-12-34-29-17-23(6-9-26(27)29)36-24-3-2-11-33-19-24/h2-12,17-20,32,36H,13-16H2,1H3. The number of anilines is 3. The Morgan fingerprint density at radius 1 is 0.821 bits per heavy atom. The molecule has 8 heteroatoms. The number of nitrogens with zero attached hydrogens (tertiary/aromatic N) is 6. The van der Waals surface area contributed by atoms with Crippen molar-refractivity contribution in [2.24, 2.45) is 0 Å². The van der Waals surface area contributed by atoms with Crippen LogP contribution in [-0.2, 0) is 0 Å². The van der Waals surface area contributed by atoms with Gasteiger partial charge in [-0.25, -0.2) is 9.50 Å². The second-order valence-electron chi connectivity index (χ2n) is 9.80. The molecule has 0 aliphatic carbocycles. The molecule has 1 saturated heterocycles. The van der Waals surface area contributed by atoms with Crippen LogP contribution >= 0.6 is 0 Å². The van der Waals surface area contributed by atoms with Crippen molar-refractivity contribution in [3.63, 3.8) is 0 Å². The summed E-state index contributed by atoms with van der Waals surface area (Å²) in [6, 6.07) is 23.1. The first-order valence-electron chi connectivity index (χ1n) is 13.2. The number of aromatic nitrogens is 5. The fourth-order valence-electron chi connectivity index (χ4n) is 5.30. The van der Waals surface area contributed by atoms with Gasteiger partial charge in [-0.3, -0.25) is 9.97 Å². The van der Waals surface area contributed by atoms with Gasteiger partial charge in [0, 0.05) is 66.5 Å². The maximum atomic E-state index is 4.98. The lowest BCUT2D eigenvalue weighted by Crippen LogP contribution is -2.43. The Morgan fingerprint density at radius 2 is 1.69 bits per heavy atom. The maximum absolute atomic E-state index is 4.98. The van der Waals surface area contributed by atoms with Crippen LogP contribution in [0.4, 0.5) is 17.1 Å². The highest BCUT2D eigenvalue weighted by Gasteiger charge is 2.15. The van der Waals surface area contributed by atoms with Gasteiger partial charge in [-0.1, -0.05) is 18.2 Å². The molecule has 192 valence electrons. The lowest BCUT2D eigenvalue weighted by molar-refractivity contribution is 0.589. The third-order valence-corrected chi connectivity index (χ3v) is 7.31. The molecule has 5 heterocycles. The number of benzene rings is 2. The number of aryl methyl sites for hydroxylation is 1. The van der Waals surface area contributed by atoms with E-state index in [4.69, 9.17) is 10.1 Å². The van der Waals surface area contributed by atoms with Gasteiger partial charge in [0.25, 0.3) is 0 Å². The fourth-order valence-corrected chi connectivity index (χ4v) is 5.30. The SMILES string of the molecule is Cc1nn2c(-c3ccnc4cc(Nc5cccnc5)ccc34)cnc2cc1-c1ccc(N2CCNCC2)cc1. The van der Waals surface area contributed by atoms with E-state index in [2.05, 4.69) is 81.0 Å². The maximum Gasteiger partial charge on any atom is 0.154 e. The van der Waals surface area contributed by atoms with Gasteiger partial charge in [0.15, 0.2) is 5.65 Å². The highest BCUT2D eigenvalue weighted by Crippen LogP contribution is 2.32. The largest absolute Gasteiger partial charge is 0.369 e. The highest BCUT2D eigenvalue weighted by atomic mass is 15.3. The first-order valence-corrected chi connectivity index (χ1v) is 13.2. The van der Waals surface area contributed by atoms with Crippen LogP contribution in [0.2, 0.25) is 0 Å². The quantitative estimate of drug-likeness (QED) is 0.317. The predicted molar refractivity (Wildman–Crippen MR) is 156 cm³/mol. The molecule has 1 fully saturated rings. The van der Waals surface area contributed by atoms with Crippen molar-refractivity contribution in [1.82, 2.24) is 29.9 Å². The molecule has 39 heavy (non-hydrogen) atoms. The van der Waals surface area contributed by atoms with Crippen LogP contribution in [0.5, 0.6) is 0 Å². The Morgan fingerprint density at radius 3 is 2.51 bits per heavy atom. The first kappa shape index (κ1) is 23.3. The number of fused-ring (bicyclic) bond motifs is 2. The molecular formula is C31H28N8. The van der Waals surface area contributed by atoms with Gasteiger partial charge in [0.05, 0.1) is 35.0 Å². The van der Waals surface area contributed by atoms with Crippen molar-refractivity contribution in [3.8, 4) is 22.4 Å². The molecule has 0 amide bonds. The van der Waals surface area contributed by atoms with Crippen LogP contribution in [0.15, 0.2) is 91.5 Å². The number of hydrogen-bond donors (Lipinski definition) is 2. The molecule has 0 unspecified atom stereocenters. The Labute approximate surface area is 226 Å². The minimum Gasteiger partial charge on any atom is -0.369 e. The van der Waals surface area contributed by atoms with Crippen LogP contribution in [-0.4, -0.2) is 50.7 Å². The molecule has 0 radical (unpaired) electrons. The number of rotatable bonds is 5. The van der Waals surface area contributed by atoms with Gasteiger partial charge in [0.2, 0.25) is 0 Å². The molecule has 0 spiro atoms. The molecule has 0 atom stereocenters. The van der Waals surface area contributed by atoms with E-state index in [1.807, 2.05) is 35.1 Å². The Balaban J connectivity index is 1.22. The molecule has 2 N–H and O–H groups in total. The Kier molecular flexibility index (Phi) is 5.86. The van der Waals surface area contributed by atoms with Gasteiger partial charge in [-0.05, 0) is 61.0 Å². The average Bonchev–Trinajstić information content (AvgIpc) is 3.40. The minimum absolute atomic E-state index is 0.816. The van der Waals surface area contributed by atoms with Crippen LogP contribution in [0.3, 0.4) is 0 Å². The molecule has 1 aliphatic rings. The molecule has 4 aromatic heterocycles. The summed E-state index contributed by atoms with van der Waals surface area (Å²) in [5.74, 6) is 0. The number of piperazine rings is 1. The van der Waals surface area contributed by atoms with Crippen LogP contribution in [0.1, 0.15) is 5.69 Å². The molecule has 7 rings (SSSR count). The van der Waals surface area contributed by atoms with E-state index in [0.717, 1.165) is 82.2 Å². The number of hydrogen-bond acceptors (Lipinski definition) is 7. The van der Waals surface area contributed by atoms with Crippen molar-refractivity contribution in [2.75, 3.05) is 36.4 Å². The molecule has 0 saturated carbocycles. The summed E-state index contributed by atoms with van der Waals surface area (Å²) in [6.07, 6.45) is 7.30. The van der Waals surface area contributed by atoms with Gasteiger partial charge in [-0.2, -0.15) is 5.10 Å². The van der Waals surface area contributed by atoms with Crippen molar-refractivity contribution >= 4 is 33.6 Å². The molecule has 8 nitrogen and oxygen atoms in total. The fraction of sp³-hybridized carbons (Fsp3) is 0.161. The van der Waals surface area contributed by atoms with Gasteiger partial charge < -0.3 is 15.5 Å². The second-order valence-corrected chi connectivity index (χ2v) is 9.80. The molecule has 6 aromatic rings. The van der Waals surface area contributed by atoms with Gasteiger partial charge >= 0.3 is 0 Å². The summed E-state index contributed by atoms with van der Waals surface area (Å²) >= 11 is 0. The van der Waals surface area contributed by atoms with Crippen molar-refractivity contribution in [2.45, 2.75) is 6.92 Å².